The zero-order valence-electron chi connectivity index (χ0n) is 17.2. The van der Waals surface area contributed by atoms with Gasteiger partial charge in [0, 0.05) is 24.3 Å². The molecule has 0 spiro atoms. The minimum atomic E-state index is -0.121. The summed E-state index contributed by atoms with van der Waals surface area (Å²) in [5.41, 5.74) is 2.49. The number of nitrogens with one attached hydrogen (secondary N) is 3. The summed E-state index contributed by atoms with van der Waals surface area (Å²) in [7, 11) is 3.71. The van der Waals surface area contributed by atoms with E-state index in [9.17, 15) is 9.90 Å². The molecule has 0 aliphatic heterocycles. The molecule has 4 N–H and O–H groups in total. The Hall–Kier alpha value is -2.69. The second-order valence-electron chi connectivity index (χ2n) is 7.32. The Morgan fingerprint density at radius 2 is 2.03 bits per heavy atom. The number of rotatable bonds is 9. The van der Waals surface area contributed by atoms with Gasteiger partial charge in [0.15, 0.2) is 5.65 Å². The van der Waals surface area contributed by atoms with Crippen molar-refractivity contribution in [2.75, 3.05) is 43.2 Å². The van der Waals surface area contributed by atoms with Gasteiger partial charge >= 0.3 is 0 Å². The van der Waals surface area contributed by atoms with Crippen LogP contribution in [0.5, 0.6) is 0 Å². The fourth-order valence-corrected chi connectivity index (χ4v) is 3.17. The first-order valence-corrected chi connectivity index (χ1v) is 10.3. The average molecular weight is 476 g/mol. The predicted molar refractivity (Wildman–Crippen MR) is 122 cm³/mol. The molecule has 0 aliphatic rings. The summed E-state index contributed by atoms with van der Waals surface area (Å²) < 4.78 is 2.50. The number of halogens is 1. The minimum absolute atomic E-state index is 0.00742. The SMILES string of the molecule is C[C@@H](CO)Nc1cc(NCc2ccc(NC(=O)CN(C)C)cc2)n2ncc(Br)c2n1. The highest BCUT2D eigenvalue weighted by atomic mass is 79.9. The number of anilines is 3. The van der Waals surface area contributed by atoms with Crippen molar-refractivity contribution in [1.82, 2.24) is 19.5 Å². The topological polar surface area (TPSA) is 107 Å². The molecule has 3 rings (SSSR count). The van der Waals surface area contributed by atoms with Gasteiger partial charge < -0.3 is 26.0 Å². The van der Waals surface area contributed by atoms with Crippen molar-refractivity contribution in [3.05, 3.63) is 46.6 Å². The number of carbonyl (C=O) groups excluding carboxylic acids is 1. The lowest BCUT2D eigenvalue weighted by molar-refractivity contribution is -0.116. The third-order valence-electron chi connectivity index (χ3n) is 4.27. The number of benzene rings is 1. The van der Waals surface area contributed by atoms with E-state index in [-0.39, 0.29) is 18.6 Å². The number of likely N-dealkylation sites (N-methyl/N-ethyl adjacent to an activating group) is 1. The first-order valence-electron chi connectivity index (χ1n) is 9.54. The van der Waals surface area contributed by atoms with Crippen molar-refractivity contribution >= 4 is 44.8 Å². The lowest BCUT2D eigenvalue weighted by atomic mass is 10.2. The number of nitrogens with zero attached hydrogens (tertiary/aromatic N) is 4. The Morgan fingerprint density at radius 3 is 2.70 bits per heavy atom. The monoisotopic (exact) mass is 475 g/mol. The molecule has 1 amide bonds. The number of carbonyl (C=O) groups is 1. The minimum Gasteiger partial charge on any atom is -0.394 e. The molecule has 9 nitrogen and oxygen atoms in total. The van der Waals surface area contributed by atoms with Crippen LogP contribution >= 0.6 is 15.9 Å². The number of hydrogen-bond donors (Lipinski definition) is 4. The summed E-state index contributed by atoms with van der Waals surface area (Å²) in [4.78, 5) is 18.2. The molecule has 0 radical (unpaired) electrons. The van der Waals surface area contributed by atoms with Gasteiger partial charge in [-0.3, -0.25) is 4.79 Å². The van der Waals surface area contributed by atoms with Crippen molar-refractivity contribution in [3.63, 3.8) is 0 Å². The summed E-state index contributed by atoms with van der Waals surface area (Å²) in [6, 6.07) is 9.42. The highest BCUT2D eigenvalue weighted by Crippen LogP contribution is 2.23. The van der Waals surface area contributed by atoms with E-state index in [4.69, 9.17) is 0 Å². The number of aliphatic hydroxyl groups is 1. The maximum Gasteiger partial charge on any atom is 0.238 e. The average Bonchev–Trinajstić information content (AvgIpc) is 3.07. The van der Waals surface area contributed by atoms with Gasteiger partial charge in [0.2, 0.25) is 5.91 Å². The molecule has 1 atom stereocenters. The van der Waals surface area contributed by atoms with Gasteiger partial charge in [0.1, 0.15) is 11.6 Å². The van der Waals surface area contributed by atoms with Gasteiger partial charge in [-0.2, -0.15) is 9.61 Å². The third kappa shape index (κ3) is 5.68. The van der Waals surface area contributed by atoms with E-state index in [0.29, 0.717) is 24.6 Å². The maximum absolute atomic E-state index is 11.9. The largest absolute Gasteiger partial charge is 0.394 e. The highest BCUT2D eigenvalue weighted by molar-refractivity contribution is 9.10. The zero-order chi connectivity index (χ0) is 21.7. The Labute approximate surface area is 183 Å². The summed E-state index contributed by atoms with van der Waals surface area (Å²) >= 11 is 3.47. The van der Waals surface area contributed by atoms with Crippen LogP contribution in [0.3, 0.4) is 0 Å². The molecule has 0 unspecified atom stereocenters. The van der Waals surface area contributed by atoms with E-state index in [1.54, 1.807) is 10.7 Å². The maximum atomic E-state index is 11.9. The second kappa shape index (κ2) is 9.88. The first kappa shape index (κ1) is 22.0. The molecule has 2 aromatic heterocycles. The van der Waals surface area contributed by atoms with Gasteiger partial charge in [-0.25, -0.2) is 4.98 Å². The van der Waals surface area contributed by atoms with Crippen molar-refractivity contribution in [3.8, 4) is 0 Å². The van der Waals surface area contributed by atoms with Crippen LogP contribution in [0.4, 0.5) is 17.3 Å². The molecule has 10 heteroatoms. The Balaban J connectivity index is 1.71. The molecule has 2 heterocycles. The van der Waals surface area contributed by atoms with Crippen molar-refractivity contribution in [2.45, 2.75) is 19.5 Å². The summed E-state index contributed by atoms with van der Waals surface area (Å²) in [5, 5.41) is 23.1. The quantitative estimate of drug-likeness (QED) is 0.376. The number of aromatic nitrogens is 3. The molecule has 0 aliphatic carbocycles. The molecular weight excluding hydrogens is 450 g/mol. The highest BCUT2D eigenvalue weighted by Gasteiger charge is 2.12. The Kier molecular flexibility index (Phi) is 7.24. The van der Waals surface area contributed by atoms with Crippen LogP contribution in [0.1, 0.15) is 12.5 Å². The predicted octanol–water partition coefficient (Wildman–Crippen LogP) is 2.40. The van der Waals surface area contributed by atoms with E-state index in [1.165, 1.54) is 0 Å². The van der Waals surface area contributed by atoms with Gasteiger partial charge in [0.25, 0.3) is 0 Å². The van der Waals surface area contributed by atoms with E-state index in [1.807, 2.05) is 56.3 Å². The van der Waals surface area contributed by atoms with E-state index < -0.39 is 0 Å². The third-order valence-corrected chi connectivity index (χ3v) is 4.83. The molecule has 30 heavy (non-hydrogen) atoms. The van der Waals surface area contributed by atoms with Crippen LogP contribution in [-0.4, -0.2) is 63.8 Å². The summed E-state index contributed by atoms with van der Waals surface area (Å²) in [5.74, 6) is 1.36. The second-order valence-corrected chi connectivity index (χ2v) is 8.17. The first-order chi connectivity index (χ1) is 14.4. The Bertz CT molecular complexity index is 1000. The molecule has 0 saturated carbocycles. The van der Waals surface area contributed by atoms with Crippen LogP contribution in [0, 0.1) is 0 Å². The molecule has 0 saturated heterocycles. The van der Waals surface area contributed by atoms with Gasteiger partial charge in [-0.1, -0.05) is 12.1 Å². The number of amides is 1. The fourth-order valence-electron chi connectivity index (χ4n) is 2.82. The number of aliphatic hydroxyl groups excluding tert-OH is 1. The van der Waals surface area contributed by atoms with Crippen LogP contribution in [0.2, 0.25) is 0 Å². The number of fused-ring (bicyclic) bond motifs is 1. The molecular formula is C20H26BrN7O2. The molecule has 1 aromatic carbocycles. The number of hydrogen-bond acceptors (Lipinski definition) is 7. The standard InChI is InChI=1S/C20H26BrN7O2/c1-13(12-29)24-17-8-18(28-20(26-17)16(21)10-23-28)22-9-14-4-6-15(7-5-14)25-19(30)11-27(2)3/h4-8,10,13,22,29H,9,11-12H2,1-3H3,(H,24,26)(H,25,30)/t13-/m0/s1. The van der Waals surface area contributed by atoms with Gasteiger partial charge in [0.05, 0.1) is 23.8 Å². The molecule has 0 fully saturated rings. The van der Waals surface area contributed by atoms with Crippen LogP contribution in [0.15, 0.2) is 41.0 Å². The van der Waals surface area contributed by atoms with Gasteiger partial charge in [-0.05, 0) is 54.6 Å². The van der Waals surface area contributed by atoms with Crippen molar-refractivity contribution in [1.29, 1.82) is 0 Å². The summed E-state index contributed by atoms with van der Waals surface area (Å²) in [6.45, 7) is 2.79. The lowest BCUT2D eigenvalue weighted by Crippen LogP contribution is -2.27. The van der Waals surface area contributed by atoms with E-state index in [2.05, 4.69) is 42.0 Å². The summed E-state index contributed by atoms with van der Waals surface area (Å²) in [6.07, 6.45) is 1.69. The normalized spacial score (nSPS) is 12.2. The van der Waals surface area contributed by atoms with Crippen LogP contribution in [0.25, 0.3) is 5.65 Å². The fraction of sp³-hybridized carbons (Fsp3) is 0.350. The molecule has 160 valence electrons. The lowest BCUT2D eigenvalue weighted by Gasteiger charge is -2.15. The zero-order valence-corrected chi connectivity index (χ0v) is 18.8. The molecule has 3 aromatic rings. The van der Waals surface area contributed by atoms with Crippen LogP contribution in [-0.2, 0) is 11.3 Å². The molecule has 0 bridgehead atoms. The van der Waals surface area contributed by atoms with E-state index in [0.717, 1.165) is 21.5 Å². The van der Waals surface area contributed by atoms with Crippen molar-refractivity contribution in [2.24, 2.45) is 0 Å². The van der Waals surface area contributed by atoms with Crippen molar-refractivity contribution < 1.29 is 9.90 Å². The Morgan fingerprint density at radius 1 is 1.30 bits per heavy atom. The van der Waals surface area contributed by atoms with Gasteiger partial charge in [-0.15, -0.1) is 0 Å². The van der Waals surface area contributed by atoms with Crippen LogP contribution < -0.4 is 16.0 Å². The van der Waals surface area contributed by atoms with E-state index >= 15 is 0 Å². The smallest absolute Gasteiger partial charge is 0.238 e.